The van der Waals surface area contributed by atoms with E-state index in [4.69, 9.17) is 11.6 Å². The number of carbonyl (C=O) groups is 3. The van der Waals surface area contributed by atoms with Crippen LogP contribution < -0.4 is 10.6 Å². The Morgan fingerprint density at radius 3 is 2.75 bits per heavy atom. The number of halogens is 1. The molecule has 0 aromatic heterocycles. The van der Waals surface area contributed by atoms with Crippen molar-refractivity contribution in [2.45, 2.75) is 42.9 Å². The minimum atomic E-state index is -1.07. The maximum absolute atomic E-state index is 12.1. The van der Waals surface area contributed by atoms with Crippen molar-refractivity contribution in [2.24, 2.45) is 5.92 Å². The quantitative estimate of drug-likeness (QED) is 0.715. The summed E-state index contributed by atoms with van der Waals surface area (Å²) in [5, 5.41) is 14.3. The summed E-state index contributed by atoms with van der Waals surface area (Å²) in [7, 11) is 0. The van der Waals surface area contributed by atoms with Gasteiger partial charge in [-0.05, 0) is 30.5 Å². The number of carboxylic acids is 1. The fraction of sp³-hybridized carbons (Fsp3) is 0.438. The molecule has 1 heterocycles. The molecule has 0 spiro atoms. The topological polar surface area (TPSA) is 95.5 Å². The highest BCUT2D eigenvalue weighted by molar-refractivity contribution is 8.01. The summed E-state index contributed by atoms with van der Waals surface area (Å²) in [4.78, 5) is 36.3. The van der Waals surface area contributed by atoms with Crippen molar-refractivity contribution in [3.05, 3.63) is 23.2 Å². The smallest absolute Gasteiger partial charge is 0.326 e. The zero-order chi connectivity index (χ0) is 17.9. The van der Waals surface area contributed by atoms with Gasteiger partial charge in [0, 0.05) is 16.3 Å². The lowest BCUT2D eigenvalue weighted by Crippen LogP contribution is -2.43. The summed E-state index contributed by atoms with van der Waals surface area (Å²) < 4.78 is 0. The fourth-order valence-electron chi connectivity index (χ4n) is 2.37. The first kappa shape index (κ1) is 18.6. The Hall–Kier alpha value is -1.73. The van der Waals surface area contributed by atoms with E-state index in [9.17, 15) is 19.5 Å². The number of hydrogen-bond donors (Lipinski definition) is 3. The number of benzene rings is 1. The van der Waals surface area contributed by atoms with Gasteiger partial charge in [0.1, 0.15) is 6.04 Å². The second kappa shape index (κ2) is 7.90. The number of anilines is 1. The van der Waals surface area contributed by atoms with Gasteiger partial charge in [0.15, 0.2) is 0 Å². The Morgan fingerprint density at radius 1 is 1.42 bits per heavy atom. The van der Waals surface area contributed by atoms with E-state index in [1.54, 1.807) is 18.2 Å². The van der Waals surface area contributed by atoms with Crippen LogP contribution in [0.2, 0.25) is 5.02 Å². The van der Waals surface area contributed by atoms with Crippen LogP contribution in [0.4, 0.5) is 5.69 Å². The third kappa shape index (κ3) is 4.88. The van der Waals surface area contributed by atoms with Gasteiger partial charge >= 0.3 is 5.97 Å². The summed E-state index contributed by atoms with van der Waals surface area (Å²) in [6.07, 6.45) is 0.257. The maximum atomic E-state index is 12.1. The molecule has 2 rings (SSSR count). The molecule has 8 heteroatoms. The molecule has 2 atom stereocenters. The second-order valence-electron chi connectivity index (χ2n) is 6.03. The molecule has 0 radical (unpaired) electrons. The Kier molecular flexibility index (Phi) is 6.12. The van der Waals surface area contributed by atoms with Gasteiger partial charge in [-0.1, -0.05) is 25.4 Å². The number of rotatable bonds is 6. The van der Waals surface area contributed by atoms with E-state index in [-0.39, 0.29) is 18.2 Å². The average molecular weight is 371 g/mol. The summed E-state index contributed by atoms with van der Waals surface area (Å²) in [5.74, 6) is -1.68. The van der Waals surface area contributed by atoms with Crippen molar-refractivity contribution in [1.29, 1.82) is 0 Å². The van der Waals surface area contributed by atoms with Crippen LogP contribution in [0.15, 0.2) is 23.1 Å². The molecule has 1 aromatic rings. The largest absolute Gasteiger partial charge is 0.480 e. The van der Waals surface area contributed by atoms with Gasteiger partial charge in [-0.15, -0.1) is 11.8 Å². The minimum absolute atomic E-state index is 0.0829. The highest BCUT2D eigenvalue weighted by Crippen LogP contribution is 2.38. The first-order chi connectivity index (χ1) is 11.3. The number of hydrogen-bond acceptors (Lipinski definition) is 4. The zero-order valence-corrected chi connectivity index (χ0v) is 14.9. The first-order valence-electron chi connectivity index (χ1n) is 7.55. The number of carbonyl (C=O) groups excluding carboxylic acids is 2. The molecule has 0 saturated carbocycles. The Bertz CT molecular complexity index is 665. The summed E-state index contributed by atoms with van der Waals surface area (Å²) >= 11 is 7.17. The summed E-state index contributed by atoms with van der Waals surface area (Å²) in [5.41, 5.74) is 0.623. The minimum Gasteiger partial charge on any atom is -0.480 e. The van der Waals surface area contributed by atoms with Crippen LogP contribution in [-0.2, 0) is 14.4 Å². The van der Waals surface area contributed by atoms with Gasteiger partial charge in [0.05, 0.1) is 10.9 Å². The highest BCUT2D eigenvalue weighted by Gasteiger charge is 2.30. The van der Waals surface area contributed by atoms with Crippen molar-refractivity contribution in [2.75, 3.05) is 5.32 Å². The first-order valence-corrected chi connectivity index (χ1v) is 8.81. The molecule has 130 valence electrons. The van der Waals surface area contributed by atoms with Crippen LogP contribution in [0, 0.1) is 5.92 Å². The molecule has 1 aromatic carbocycles. The summed E-state index contributed by atoms with van der Waals surface area (Å²) in [6, 6.07) is 4.21. The lowest BCUT2D eigenvalue weighted by Gasteiger charge is -2.24. The van der Waals surface area contributed by atoms with Gasteiger partial charge in [0.25, 0.3) is 0 Å². The van der Waals surface area contributed by atoms with E-state index in [0.29, 0.717) is 17.1 Å². The van der Waals surface area contributed by atoms with Crippen LogP contribution in [0.25, 0.3) is 0 Å². The van der Waals surface area contributed by atoms with Crippen molar-refractivity contribution < 1.29 is 19.5 Å². The predicted molar refractivity (Wildman–Crippen MR) is 93.4 cm³/mol. The standard InChI is InChI=1S/C16H19ClN2O4S/c1-8(2)5-11(16(22)23)18-14(20)7-13-15(21)19-10-6-9(17)3-4-12(10)24-13/h3-4,6,8,11,13H,5,7H2,1-2H3,(H,18,20)(H,19,21)(H,22,23). The van der Waals surface area contributed by atoms with E-state index in [1.807, 2.05) is 13.8 Å². The lowest BCUT2D eigenvalue weighted by atomic mass is 10.0. The Labute approximate surface area is 149 Å². The van der Waals surface area contributed by atoms with Crippen molar-refractivity contribution >= 4 is 46.8 Å². The van der Waals surface area contributed by atoms with Crippen LogP contribution in [0.1, 0.15) is 26.7 Å². The normalized spacial score (nSPS) is 17.8. The third-order valence-corrected chi connectivity index (χ3v) is 4.98. The van der Waals surface area contributed by atoms with Gasteiger partial charge in [-0.25, -0.2) is 4.79 Å². The van der Waals surface area contributed by atoms with E-state index in [0.717, 1.165) is 4.90 Å². The van der Waals surface area contributed by atoms with Crippen molar-refractivity contribution in [3.8, 4) is 0 Å². The molecule has 24 heavy (non-hydrogen) atoms. The summed E-state index contributed by atoms with van der Waals surface area (Å²) in [6.45, 7) is 3.77. The van der Waals surface area contributed by atoms with E-state index >= 15 is 0 Å². The van der Waals surface area contributed by atoms with Gasteiger partial charge in [-0.2, -0.15) is 0 Å². The molecule has 0 bridgehead atoms. The highest BCUT2D eigenvalue weighted by atomic mass is 35.5. The lowest BCUT2D eigenvalue weighted by molar-refractivity contribution is -0.142. The Balaban J connectivity index is 2.00. The van der Waals surface area contributed by atoms with Crippen LogP contribution >= 0.6 is 23.4 Å². The molecule has 2 unspecified atom stereocenters. The molecule has 0 aliphatic carbocycles. The molecule has 2 amide bonds. The van der Waals surface area contributed by atoms with Crippen LogP contribution in [0.3, 0.4) is 0 Å². The monoisotopic (exact) mass is 370 g/mol. The number of fused-ring (bicyclic) bond motifs is 1. The molecule has 1 aliphatic heterocycles. The average Bonchev–Trinajstić information content (AvgIpc) is 2.47. The molecule has 0 fully saturated rings. The number of nitrogens with one attached hydrogen (secondary N) is 2. The third-order valence-electron chi connectivity index (χ3n) is 3.47. The van der Waals surface area contributed by atoms with E-state index in [2.05, 4.69) is 10.6 Å². The molecule has 6 nitrogen and oxygen atoms in total. The predicted octanol–water partition coefficient (Wildman–Crippen LogP) is 2.76. The van der Waals surface area contributed by atoms with Crippen LogP contribution in [-0.4, -0.2) is 34.2 Å². The van der Waals surface area contributed by atoms with Gasteiger partial charge in [-0.3, -0.25) is 9.59 Å². The Morgan fingerprint density at radius 2 is 2.12 bits per heavy atom. The molecule has 1 aliphatic rings. The molecule has 3 N–H and O–H groups in total. The SMILES string of the molecule is CC(C)CC(NC(=O)CC1Sc2ccc(Cl)cc2NC1=O)C(=O)O. The van der Waals surface area contributed by atoms with E-state index < -0.39 is 23.2 Å². The van der Waals surface area contributed by atoms with Crippen molar-refractivity contribution in [3.63, 3.8) is 0 Å². The molecule has 0 saturated heterocycles. The number of carboxylic acid groups (broad SMARTS) is 1. The number of thioether (sulfide) groups is 1. The molecular weight excluding hydrogens is 352 g/mol. The number of aliphatic carboxylic acids is 1. The van der Waals surface area contributed by atoms with Gasteiger partial charge in [0.2, 0.25) is 11.8 Å². The maximum Gasteiger partial charge on any atom is 0.326 e. The van der Waals surface area contributed by atoms with Crippen molar-refractivity contribution in [1.82, 2.24) is 5.32 Å². The second-order valence-corrected chi connectivity index (χ2v) is 7.71. The van der Waals surface area contributed by atoms with Crippen LogP contribution in [0.5, 0.6) is 0 Å². The molecular formula is C16H19ClN2O4S. The fourth-order valence-corrected chi connectivity index (χ4v) is 3.63. The van der Waals surface area contributed by atoms with Gasteiger partial charge < -0.3 is 15.7 Å². The number of amides is 2. The van der Waals surface area contributed by atoms with E-state index in [1.165, 1.54) is 11.8 Å². The zero-order valence-electron chi connectivity index (χ0n) is 13.3.